The van der Waals surface area contributed by atoms with Crippen LogP contribution in [-0.2, 0) is 6.54 Å². The maximum Gasteiger partial charge on any atom is 0.119 e. The lowest BCUT2D eigenvalue weighted by Crippen LogP contribution is -2.00. The summed E-state index contributed by atoms with van der Waals surface area (Å²) in [7, 11) is 0. The van der Waals surface area contributed by atoms with Crippen molar-refractivity contribution in [1.29, 1.82) is 0 Å². The van der Waals surface area contributed by atoms with Gasteiger partial charge in [0.2, 0.25) is 0 Å². The number of unbranched alkanes of at least 4 members (excludes halogenated alkanes) is 3. The van der Waals surface area contributed by atoms with E-state index in [2.05, 4.69) is 11.8 Å². The summed E-state index contributed by atoms with van der Waals surface area (Å²) in [5, 5.41) is 0. The third-order valence-electron chi connectivity index (χ3n) is 2.53. The van der Waals surface area contributed by atoms with E-state index in [1.807, 2.05) is 31.2 Å². The van der Waals surface area contributed by atoms with Gasteiger partial charge in [0.05, 0.1) is 6.61 Å². The number of nitrogens with two attached hydrogens (primary N) is 1. The highest BCUT2D eigenvalue weighted by Crippen LogP contribution is 2.13. The predicted octanol–water partition coefficient (Wildman–Crippen LogP) is 3.11. The molecule has 0 spiro atoms. The van der Waals surface area contributed by atoms with E-state index in [4.69, 9.17) is 10.5 Å². The zero-order valence-electron chi connectivity index (χ0n) is 10.5. The average molecular weight is 231 g/mol. The van der Waals surface area contributed by atoms with Gasteiger partial charge in [-0.05, 0) is 43.9 Å². The second kappa shape index (κ2) is 8.66. The molecule has 0 saturated heterocycles. The van der Waals surface area contributed by atoms with Crippen LogP contribution < -0.4 is 10.5 Å². The summed E-state index contributed by atoms with van der Waals surface area (Å²) in [6, 6.07) is 7.97. The van der Waals surface area contributed by atoms with Crippen molar-refractivity contribution in [3.63, 3.8) is 0 Å². The lowest BCUT2D eigenvalue weighted by atomic mass is 10.2. The van der Waals surface area contributed by atoms with E-state index in [9.17, 15) is 0 Å². The van der Waals surface area contributed by atoms with Crippen LogP contribution in [0.2, 0.25) is 0 Å². The molecule has 0 fully saturated rings. The largest absolute Gasteiger partial charge is 0.494 e. The van der Waals surface area contributed by atoms with Crippen molar-refractivity contribution in [3.8, 4) is 17.6 Å². The van der Waals surface area contributed by atoms with Gasteiger partial charge in [-0.25, -0.2) is 0 Å². The molecular formula is C15H21NO. The lowest BCUT2D eigenvalue weighted by Gasteiger charge is -2.06. The fourth-order valence-electron chi connectivity index (χ4n) is 1.57. The standard InChI is InChI=1S/C15H21NO/c1-2-3-4-5-6-7-11-17-15-10-8-9-14(12-15)13-16/h8-10,12H,4-7,11,13,16H2,1H3. The summed E-state index contributed by atoms with van der Waals surface area (Å²) in [6.07, 6.45) is 4.41. The van der Waals surface area contributed by atoms with Gasteiger partial charge in [-0.2, -0.15) is 0 Å². The zero-order chi connectivity index (χ0) is 12.3. The quantitative estimate of drug-likeness (QED) is 0.578. The molecule has 2 heteroatoms. The maximum absolute atomic E-state index is 5.66. The van der Waals surface area contributed by atoms with Gasteiger partial charge in [0, 0.05) is 13.0 Å². The first-order chi connectivity index (χ1) is 8.36. The first-order valence-electron chi connectivity index (χ1n) is 6.18. The molecule has 0 amide bonds. The van der Waals surface area contributed by atoms with Gasteiger partial charge in [-0.3, -0.25) is 0 Å². The molecule has 1 aromatic rings. The Morgan fingerprint density at radius 1 is 1.24 bits per heavy atom. The molecule has 0 radical (unpaired) electrons. The first-order valence-corrected chi connectivity index (χ1v) is 6.18. The first kappa shape index (κ1) is 13.6. The zero-order valence-corrected chi connectivity index (χ0v) is 10.5. The van der Waals surface area contributed by atoms with Gasteiger partial charge in [-0.15, -0.1) is 11.8 Å². The molecule has 1 aromatic carbocycles. The van der Waals surface area contributed by atoms with Crippen molar-refractivity contribution in [2.75, 3.05) is 6.61 Å². The van der Waals surface area contributed by atoms with E-state index >= 15 is 0 Å². The Balaban J connectivity index is 2.14. The molecule has 2 nitrogen and oxygen atoms in total. The average Bonchev–Trinajstić information content (AvgIpc) is 2.38. The smallest absolute Gasteiger partial charge is 0.119 e. The molecule has 0 aliphatic carbocycles. The van der Waals surface area contributed by atoms with Crippen LogP contribution in [0.1, 0.15) is 38.2 Å². The number of hydrogen-bond acceptors (Lipinski definition) is 2. The van der Waals surface area contributed by atoms with Crippen LogP contribution in [0.3, 0.4) is 0 Å². The van der Waals surface area contributed by atoms with E-state index in [0.29, 0.717) is 6.54 Å². The highest BCUT2D eigenvalue weighted by atomic mass is 16.5. The second-order valence-corrected chi connectivity index (χ2v) is 3.94. The SMILES string of the molecule is CC#CCCCCCOc1cccc(CN)c1. The fourth-order valence-corrected chi connectivity index (χ4v) is 1.57. The Labute approximate surface area is 104 Å². The minimum absolute atomic E-state index is 0.562. The molecule has 0 unspecified atom stereocenters. The summed E-state index contributed by atoms with van der Waals surface area (Å²) in [5.74, 6) is 6.89. The van der Waals surface area contributed by atoms with Gasteiger partial charge in [0.15, 0.2) is 0 Å². The van der Waals surface area contributed by atoms with Crippen LogP contribution in [-0.4, -0.2) is 6.61 Å². The van der Waals surface area contributed by atoms with Gasteiger partial charge in [0.25, 0.3) is 0 Å². The van der Waals surface area contributed by atoms with Crippen LogP contribution in [0.25, 0.3) is 0 Å². The minimum atomic E-state index is 0.562. The molecular weight excluding hydrogens is 210 g/mol. The van der Waals surface area contributed by atoms with Crippen LogP contribution in [0.4, 0.5) is 0 Å². The number of hydrogen-bond donors (Lipinski definition) is 1. The molecule has 2 N–H and O–H groups in total. The highest BCUT2D eigenvalue weighted by molar-refractivity contribution is 5.28. The predicted molar refractivity (Wildman–Crippen MR) is 71.7 cm³/mol. The minimum Gasteiger partial charge on any atom is -0.494 e. The van der Waals surface area contributed by atoms with Crippen molar-refractivity contribution in [1.82, 2.24) is 0 Å². The molecule has 92 valence electrons. The van der Waals surface area contributed by atoms with Crippen LogP contribution in [0.5, 0.6) is 5.75 Å². The monoisotopic (exact) mass is 231 g/mol. The third-order valence-corrected chi connectivity index (χ3v) is 2.53. The summed E-state index contributed by atoms with van der Waals surface area (Å²) in [5.41, 5.74) is 6.68. The van der Waals surface area contributed by atoms with E-state index in [1.54, 1.807) is 0 Å². The molecule has 0 saturated carbocycles. The van der Waals surface area contributed by atoms with E-state index < -0.39 is 0 Å². The van der Waals surface area contributed by atoms with Gasteiger partial charge < -0.3 is 10.5 Å². The summed E-state index contributed by atoms with van der Waals surface area (Å²) >= 11 is 0. The van der Waals surface area contributed by atoms with Gasteiger partial charge in [0.1, 0.15) is 5.75 Å². The van der Waals surface area contributed by atoms with Crippen molar-refractivity contribution >= 4 is 0 Å². The summed E-state index contributed by atoms with van der Waals surface area (Å²) < 4.78 is 5.66. The Morgan fingerprint density at radius 3 is 2.88 bits per heavy atom. The Hall–Kier alpha value is -1.46. The number of rotatable bonds is 7. The van der Waals surface area contributed by atoms with Gasteiger partial charge >= 0.3 is 0 Å². The molecule has 17 heavy (non-hydrogen) atoms. The summed E-state index contributed by atoms with van der Waals surface area (Å²) in [6.45, 7) is 3.22. The molecule has 1 rings (SSSR count). The van der Waals surface area contributed by atoms with Crippen molar-refractivity contribution < 1.29 is 4.74 Å². The molecule has 0 bridgehead atoms. The van der Waals surface area contributed by atoms with Crippen LogP contribution in [0, 0.1) is 11.8 Å². The Kier molecular flexibility index (Phi) is 6.93. The summed E-state index contributed by atoms with van der Waals surface area (Å²) in [4.78, 5) is 0. The fraction of sp³-hybridized carbons (Fsp3) is 0.467. The number of benzene rings is 1. The topological polar surface area (TPSA) is 35.2 Å². The highest BCUT2D eigenvalue weighted by Gasteiger charge is 1.95. The van der Waals surface area contributed by atoms with Crippen LogP contribution >= 0.6 is 0 Å². The van der Waals surface area contributed by atoms with E-state index in [-0.39, 0.29) is 0 Å². The molecule has 0 aliphatic heterocycles. The van der Waals surface area contributed by atoms with Crippen molar-refractivity contribution in [2.45, 2.75) is 39.2 Å². The maximum atomic E-state index is 5.66. The van der Waals surface area contributed by atoms with Crippen LogP contribution in [0.15, 0.2) is 24.3 Å². The van der Waals surface area contributed by atoms with E-state index in [1.165, 1.54) is 6.42 Å². The lowest BCUT2D eigenvalue weighted by molar-refractivity contribution is 0.305. The van der Waals surface area contributed by atoms with E-state index in [0.717, 1.165) is 37.2 Å². The Morgan fingerprint density at radius 2 is 2.12 bits per heavy atom. The molecule has 0 aliphatic rings. The molecule has 0 atom stereocenters. The van der Waals surface area contributed by atoms with Crippen molar-refractivity contribution in [2.24, 2.45) is 5.73 Å². The second-order valence-electron chi connectivity index (χ2n) is 3.94. The normalized spacial score (nSPS) is 9.53. The van der Waals surface area contributed by atoms with Crippen molar-refractivity contribution in [3.05, 3.63) is 29.8 Å². The van der Waals surface area contributed by atoms with Gasteiger partial charge in [-0.1, -0.05) is 12.1 Å². The molecule has 0 heterocycles. The Bertz CT molecular complexity index is 376. The molecule has 0 aromatic heterocycles. The third kappa shape index (κ3) is 5.99. The number of ether oxygens (including phenoxy) is 1.